The number of hydrogen-bond acceptors (Lipinski definition) is 25. The van der Waals surface area contributed by atoms with E-state index in [0.717, 1.165) is 26.5 Å². The van der Waals surface area contributed by atoms with Gasteiger partial charge < -0.3 is 120 Å². The Morgan fingerprint density at radius 3 is 1.77 bits per heavy atom. The van der Waals surface area contributed by atoms with Gasteiger partial charge in [-0.05, 0) is 116 Å². The van der Waals surface area contributed by atoms with E-state index in [4.69, 9.17) is 17.2 Å². The Morgan fingerprint density at radius 1 is 0.582 bits per heavy atom. The molecular weight excluding hydrogens is 1760 g/mol. The molecule has 2 fully saturated rings. The maximum Gasteiger partial charge on any atom is 0.248 e. The minimum absolute atomic E-state index is 0.00954. The number of aromatic nitrogens is 8. The molecular formula is C89H123N25O19S. The van der Waals surface area contributed by atoms with Gasteiger partial charge in [-0.3, -0.25) is 76.7 Å². The Bertz CT molecular complexity index is 5300. The summed E-state index contributed by atoms with van der Waals surface area (Å²) in [5, 5.41) is 74.1. The van der Waals surface area contributed by atoms with Crippen LogP contribution in [0.5, 0.6) is 5.75 Å². The van der Waals surface area contributed by atoms with Gasteiger partial charge in [0.25, 0.3) is 0 Å². The number of carbonyl (C=O) groups is 16. The number of rotatable bonds is 25. The Morgan fingerprint density at radius 2 is 1.16 bits per heavy atom. The van der Waals surface area contributed by atoms with E-state index in [1.807, 2.05) is 32.0 Å². The summed E-state index contributed by atoms with van der Waals surface area (Å²) in [6.07, 6.45) is 4.50. The highest BCUT2D eigenvalue weighted by atomic mass is 32.2. The number of fused-ring (bicyclic) bond motifs is 5. The number of aromatic amines is 3. The quantitative estimate of drug-likeness (QED) is 0.0284. The number of hydrogen-bond donors (Lipinski definition) is 19. The molecule has 15 atom stereocenters. The summed E-state index contributed by atoms with van der Waals surface area (Å²) in [6, 6.07) is -1.23. The fourth-order valence-electron chi connectivity index (χ4n) is 16.7. The SMILES string of the molecule is CCCC[C@H]1C(=O)N[C@@H](CCCN)C(=O)N[C@H](C(=O)NCC(N)=O)CSCC(=O)N[C@@H](Cc2ccc(O)cc2)C(=O)N(C)[C@@H](C)C(=O)N[C@@H](CC(N)=O)C(=O)N2CCC[C@H]2C(=O)N[C@@H](Cc2cnc[nH]2)C(=O)N[C@@H](CC(C)C)C(=O)N2C[C@H](O)C[C@H]2C(=O)N[C@@H](Cc2c[nH]c3ccccc23)C(=O)N[C@@H](CO)C(=O)N[C@@H](Cc2c[nH]c3ccccc23)c2nnnn2[C@@H](CCCC)C(=O)N1C. The molecule has 724 valence electrons. The van der Waals surface area contributed by atoms with Crippen molar-refractivity contribution in [2.75, 3.05) is 58.4 Å². The number of imidazole rings is 1. The van der Waals surface area contributed by atoms with Crippen LogP contribution in [0, 0.1) is 5.92 Å². The topological polar surface area (TPSA) is 649 Å². The van der Waals surface area contributed by atoms with Crippen LogP contribution in [0.15, 0.2) is 97.7 Å². The predicted molar refractivity (Wildman–Crippen MR) is 488 cm³/mol. The van der Waals surface area contributed by atoms with Crippen LogP contribution in [0.25, 0.3) is 21.8 Å². The molecule has 45 heteroatoms. The molecule has 3 aliphatic heterocycles. The van der Waals surface area contributed by atoms with Gasteiger partial charge in [-0.25, -0.2) is 9.67 Å². The summed E-state index contributed by atoms with van der Waals surface area (Å²) in [5.41, 5.74) is 20.4. The molecule has 0 bridgehead atoms. The predicted octanol–water partition coefficient (Wildman–Crippen LogP) is -2.38. The molecule has 3 aliphatic rings. The highest BCUT2D eigenvalue weighted by Gasteiger charge is 2.47. The molecule has 4 aromatic heterocycles. The highest BCUT2D eigenvalue weighted by Crippen LogP contribution is 2.31. The van der Waals surface area contributed by atoms with Gasteiger partial charge in [0.05, 0.1) is 43.8 Å². The second-order valence-corrected chi connectivity index (χ2v) is 35.5. The van der Waals surface area contributed by atoms with E-state index in [1.54, 1.807) is 56.6 Å². The third kappa shape index (κ3) is 27.4. The van der Waals surface area contributed by atoms with Crippen LogP contribution in [0.4, 0.5) is 0 Å². The van der Waals surface area contributed by atoms with Crippen molar-refractivity contribution in [2.45, 2.75) is 234 Å². The maximum atomic E-state index is 15.7. The standard InChI is InChI=1S/C89H123N25O19S/c1-8-10-23-69-83(127)99-60(22-16-30-90)79(123)106-68(78(122)96-42-74(92)119)45-134-46-75(120)98-65(33-50-26-28-54(116)29-27-50)86(130)110(6)49(5)77(121)103-66(38-73(91)118)87(131)112-31-17-25-70(112)84(128)102-63(36-53-41-93-47-97-53)81(125)104-64(32-48(3)4)88(132)113-43-55(117)37-72(113)85(129)101-62(35-52-40-95-59-21-15-13-19-57(52)59)80(124)105-67(44-115)82(126)100-61(34-51-39-94-58-20-14-12-18-56(51)58)76-107-108-109-114(76)71(24-11-9-2)89(133)111(69)7/h12-15,18-21,26-29,39-41,47-49,55,60-72,94-95,115-117H,8-11,16-17,22-25,30-38,42-46,90H2,1-7H3,(H2,91,118)(H2,92,119)(H,93,97)(H,96,122)(H,98,120)(H,99,127)(H,100,126)(H,101,129)(H,102,128)(H,103,121)(H,104,125)(H,105,124)(H,106,123)/t49-,55+,60-,61-,62-,63-,64-,65-,66-,67-,68-,69-,70-,71-,72-/m0/s1. The lowest BCUT2D eigenvalue weighted by Gasteiger charge is -2.32. The third-order valence-electron chi connectivity index (χ3n) is 24.0. The number of aromatic hydroxyl groups is 1. The van der Waals surface area contributed by atoms with Crippen molar-refractivity contribution in [3.05, 3.63) is 126 Å². The number of likely N-dealkylation sites (N-methyl/N-ethyl adjacent to an activating group) is 2. The Balaban J connectivity index is 1.02. The zero-order valence-corrected chi connectivity index (χ0v) is 76.8. The lowest BCUT2D eigenvalue weighted by molar-refractivity contribution is -0.145. The smallest absolute Gasteiger partial charge is 0.248 e. The molecule has 3 aromatic carbocycles. The Labute approximate surface area is 776 Å². The summed E-state index contributed by atoms with van der Waals surface area (Å²) < 4.78 is 1.23. The van der Waals surface area contributed by atoms with Crippen molar-refractivity contribution in [3.8, 4) is 5.75 Å². The van der Waals surface area contributed by atoms with Crippen LogP contribution in [-0.2, 0) is 102 Å². The molecule has 0 unspecified atom stereocenters. The van der Waals surface area contributed by atoms with E-state index in [9.17, 15) is 58.5 Å². The highest BCUT2D eigenvalue weighted by molar-refractivity contribution is 8.00. The first-order chi connectivity index (χ1) is 64.1. The van der Waals surface area contributed by atoms with Gasteiger partial charge in [0.15, 0.2) is 5.82 Å². The van der Waals surface area contributed by atoms with E-state index in [1.165, 1.54) is 67.4 Å². The third-order valence-corrected chi connectivity index (χ3v) is 25.1. The molecule has 134 heavy (non-hydrogen) atoms. The van der Waals surface area contributed by atoms with Crippen molar-refractivity contribution in [3.63, 3.8) is 0 Å². The van der Waals surface area contributed by atoms with Crippen LogP contribution in [0.3, 0.4) is 0 Å². The number of thioether (sulfide) groups is 1. The number of benzene rings is 3. The number of unbranched alkanes of at least 4 members (excludes halogenated alkanes) is 2. The molecule has 10 rings (SSSR count). The second kappa shape index (κ2) is 48.8. The molecule has 7 aromatic rings. The number of tetrazole rings is 1. The normalized spacial score (nSPS) is 24.7. The van der Waals surface area contributed by atoms with E-state index in [-0.39, 0.29) is 108 Å². The fourth-order valence-corrected chi connectivity index (χ4v) is 17.6. The van der Waals surface area contributed by atoms with Crippen LogP contribution in [0.2, 0.25) is 0 Å². The first kappa shape index (κ1) is 103. The molecule has 22 N–H and O–H groups in total. The summed E-state index contributed by atoms with van der Waals surface area (Å²) >= 11 is 0.788. The summed E-state index contributed by atoms with van der Waals surface area (Å²) in [5.74, 6) is -16.3. The van der Waals surface area contributed by atoms with E-state index >= 15 is 33.6 Å². The van der Waals surface area contributed by atoms with Crippen molar-refractivity contribution in [1.29, 1.82) is 0 Å². The fraction of sp³-hybridized carbons (Fsp3) is 0.528. The number of nitrogens with two attached hydrogens (primary N) is 3. The van der Waals surface area contributed by atoms with Crippen molar-refractivity contribution in [2.24, 2.45) is 23.1 Å². The minimum Gasteiger partial charge on any atom is -0.508 e. The van der Waals surface area contributed by atoms with E-state index < -0.39 is 223 Å². The van der Waals surface area contributed by atoms with Gasteiger partial charge in [0, 0.05) is 111 Å². The number of nitrogens with zero attached hydrogens (tertiary/aromatic N) is 9. The monoisotopic (exact) mass is 1880 g/mol. The van der Waals surface area contributed by atoms with Gasteiger partial charge in [-0.1, -0.05) is 102 Å². The van der Waals surface area contributed by atoms with Gasteiger partial charge in [-0.15, -0.1) is 16.9 Å². The van der Waals surface area contributed by atoms with Crippen LogP contribution >= 0.6 is 11.8 Å². The number of para-hydroxylation sites is 2. The average molecular weight is 1880 g/mol. The van der Waals surface area contributed by atoms with Gasteiger partial charge in [0.2, 0.25) is 94.5 Å². The maximum absolute atomic E-state index is 15.7. The van der Waals surface area contributed by atoms with Gasteiger partial charge in [0.1, 0.15) is 84.3 Å². The van der Waals surface area contributed by atoms with Gasteiger partial charge >= 0.3 is 0 Å². The zero-order chi connectivity index (χ0) is 97.1. The Kier molecular flexibility index (Phi) is 37.4. The molecule has 7 heterocycles. The number of phenols is 1. The van der Waals surface area contributed by atoms with Crippen LogP contribution in [0.1, 0.15) is 158 Å². The summed E-state index contributed by atoms with van der Waals surface area (Å²) in [4.78, 5) is 253. The number of nitrogens with one attached hydrogen (secondary N) is 13. The number of aliphatic hydroxyl groups excluding tert-OH is 2. The van der Waals surface area contributed by atoms with Crippen LogP contribution in [-0.4, -0.2) is 307 Å². The number of primary amides is 2. The molecule has 44 nitrogen and oxygen atoms in total. The lowest BCUT2D eigenvalue weighted by Crippen LogP contribution is -2.61. The first-order valence-corrected chi connectivity index (χ1v) is 46.2. The van der Waals surface area contributed by atoms with Crippen molar-refractivity contribution >= 4 is 128 Å². The summed E-state index contributed by atoms with van der Waals surface area (Å²) in [6.45, 7) is 6.23. The number of phenolic OH excluding ortho intramolecular Hbond substituents is 1. The molecule has 0 radical (unpaired) electrons. The summed E-state index contributed by atoms with van der Waals surface area (Å²) in [7, 11) is 2.62. The largest absolute Gasteiger partial charge is 0.508 e. The molecule has 0 spiro atoms. The average Bonchev–Trinajstić information content (AvgIpc) is 1.59. The van der Waals surface area contributed by atoms with E-state index in [0.29, 0.717) is 69.9 Å². The van der Waals surface area contributed by atoms with Gasteiger partial charge in [-0.2, -0.15) is 0 Å². The second-order valence-electron chi connectivity index (χ2n) is 34.5. The number of H-pyrrole nitrogens is 3. The molecule has 0 saturated carbocycles. The first-order valence-electron chi connectivity index (χ1n) is 45.0. The van der Waals surface area contributed by atoms with E-state index in [2.05, 4.69) is 88.6 Å². The van der Waals surface area contributed by atoms with Crippen LogP contribution < -0.4 is 70.4 Å². The minimum atomic E-state index is -1.82. The zero-order valence-electron chi connectivity index (χ0n) is 76.0. The van der Waals surface area contributed by atoms with Crippen molar-refractivity contribution < 1.29 is 92.0 Å². The Hall–Kier alpha value is -13.4. The molecule has 16 amide bonds. The van der Waals surface area contributed by atoms with Crippen molar-refractivity contribution in [1.82, 2.24) is 113 Å². The number of carbonyl (C=O) groups excluding carboxylic acids is 16. The number of amides is 16. The number of aliphatic hydroxyl groups is 2. The molecule has 0 aliphatic carbocycles. The lowest BCUT2D eigenvalue weighted by atomic mass is 10.0. The molecule has 2 saturated heterocycles.